The Labute approximate surface area is 268 Å². The van der Waals surface area contributed by atoms with E-state index < -0.39 is 20.3 Å². The fraction of sp³-hybridized carbons (Fsp3) is 0.189. The van der Waals surface area contributed by atoms with E-state index in [1.165, 1.54) is 12.1 Å². The molecule has 4 aromatic carbocycles. The maximum Gasteiger partial charge on any atom is 0.411 e. The zero-order valence-corrected chi connectivity index (χ0v) is 27.0. The Bertz CT molecular complexity index is 1930. The van der Waals surface area contributed by atoms with E-state index >= 15 is 0 Å². The van der Waals surface area contributed by atoms with Crippen molar-refractivity contribution in [1.82, 2.24) is 9.55 Å². The van der Waals surface area contributed by atoms with Gasteiger partial charge < -0.3 is 19.1 Å². The molecule has 0 saturated carbocycles. The predicted octanol–water partition coefficient (Wildman–Crippen LogP) is 9.14. The first-order valence-corrected chi connectivity index (χ1v) is 19.0. The van der Waals surface area contributed by atoms with E-state index in [2.05, 4.69) is 25.0 Å². The van der Waals surface area contributed by atoms with Crippen LogP contribution in [0.15, 0.2) is 109 Å². The minimum absolute atomic E-state index is 0.0723. The number of carbonyl (C=O) groups is 1. The summed E-state index contributed by atoms with van der Waals surface area (Å²) in [6, 6.07) is 30.3. The average Bonchev–Trinajstić information content (AvgIpc) is 3.37. The van der Waals surface area contributed by atoms with Gasteiger partial charge in [0.1, 0.15) is 17.4 Å². The van der Waals surface area contributed by atoms with Crippen LogP contribution in [-0.4, -0.2) is 35.4 Å². The average molecular weight is 634 g/mol. The van der Waals surface area contributed by atoms with Crippen LogP contribution in [0.2, 0.25) is 25.7 Å². The molecule has 0 aliphatic rings. The van der Waals surface area contributed by atoms with Gasteiger partial charge in [0.15, 0.2) is 5.75 Å². The molecule has 2 aromatic heterocycles. The number of hydrogen-bond acceptors (Lipinski definition) is 5. The van der Waals surface area contributed by atoms with Crippen molar-refractivity contribution in [3.63, 3.8) is 0 Å². The van der Waals surface area contributed by atoms with Crippen LogP contribution < -0.4 is 10.1 Å². The van der Waals surface area contributed by atoms with Crippen LogP contribution in [0.25, 0.3) is 21.7 Å². The number of nitrogens with zero attached hydrogens (tertiary/aromatic N) is 2. The minimum Gasteiger partial charge on any atom is -0.494 e. The number of pyridine rings is 1. The highest BCUT2D eigenvalue weighted by atomic mass is 28.3. The van der Waals surface area contributed by atoms with Crippen molar-refractivity contribution in [2.24, 2.45) is 0 Å². The number of hydrogen-bond donors (Lipinski definition) is 2. The lowest BCUT2D eigenvalue weighted by Crippen LogP contribution is -2.24. The molecule has 234 valence electrons. The van der Waals surface area contributed by atoms with Crippen LogP contribution in [0, 0.1) is 5.82 Å². The number of fused-ring (bicyclic) bond motifs is 2. The van der Waals surface area contributed by atoms with Crippen molar-refractivity contribution in [2.75, 3.05) is 11.9 Å². The molecule has 6 rings (SSSR count). The third kappa shape index (κ3) is 6.74. The van der Waals surface area contributed by atoms with Gasteiger partial charge in [0.05, 0.1) is 24.2 Å². The third-order valence-corrected chi connectivity index (χ3v) is 9.56. The minimum atomic E-state index is -1.42. The van der Waals surface area contributed by atoms with Crippen LogP contribution in [0.1, 0.15) is 22.8 Å². The number of amides is 1. The maximum atomic E-state index is 13.7. The molecular weight excluding hydrogens is 598 g/mol. The highest BCUT2D eigenvalue weighted by Gasteiger charge is 2.27. The maximum absolute atomic E-state index is 13.7. The first-order valence-electron chi connectivity index (χ1n) is 15.3. The molecule has 0 spiro atoms. The van der Waals surface area contributed by atoms with Gasteiger partial charge in [0.2, 0.25) is 5.88 Å². The van der Waals surface area contributed by atoms with E-state index in [0.29, 0.717) is 39.7 Å². The Hall–Kier alpha value is -5.15. The van der Waals surface area contributed by atoms with Gasteiger partial charge in [-0.15, -0.1) is 0 Å². The van der Waals surface area contributed by atoms with Crippen LogP contribution in [0.4, 0.5) is 14.9 Å². The summed E-state index contributed by atoms with van der Waals surface area (Å²) >= 11 is 0. The smallest absolute Gasteiger partial charge is 0.411 e. The molecule has 2 N–H and O–H groups in total. The monoisotopic (exact) mass is 633 g/mol. The second-order valence-electron chi connectivity index (χ2n) is 12.5. The molecule has 2 heterocycles. The molecule has 46 heavy (non-hydrogen) atoms. The van der Waals surface area contributed by atoms with E-state index in [-0.39, 0.29) is 18.2 Å². The first kappa shape index (κ1) is 30.9. The highest BCUT2D eigenvalue weighted by molar-refractivity contribution is 6.76. The fourth-order valence-electron chi connectivity index (χ4n) is 5.46. The molecule has 0 atom stereocenters. The molecule has 6 aromatic rings. The summed E-state index contributed by atoms with van der Waals surface area (Å²) in [5.74, 6) is -0.0427. The normalized spacial score (nSPS) is 11.7. The number of aromatic nitrogens is 2. The van der Waals surface area contributed by atoms with E-state index in [0.717, 1.165) is 22.7 Å². The Morgan fingerprint density at radius 1 is 0.913 bits per heavy atom. The van der Waals surface area contributed by atoms with Crippen molar-refractivity contribution >= 4 is 41.5 Å². The summed E-state index contributed by atoms with van der Waals surface area (Å²) in [7, 11) is -1.42. The second-order valence-corrected chi connectivity index (χ2v) is 18.1. The second kappa shape index (κ2) is 13.1. The number of halogens is 1. The Kier molecular flexibility index (Phi) is 8.76. The highest BCUT2D eigenvalue weighted by Crippen LogP contribution is 2.47. The molecule has 1 amide bonds. The predicted molar refractivity (Wildman–Crippen MR) is 183 cm³/mol. The molecule has 0 radical (unpaired) electrons. The van der Waals surface area contributed by atoms with Crippen molar-refractivity contribution in [3.8, 4) is 11.6 Å². The lowest BCUT2D eigenvalue weighted by molar-refractivity contribution is 0.167. The molecule has 0 bridgehead atoms. The largest absolute Gasteiger partial charge is 0.494 e. The number of anilines is 1. The van der Waals surface area contributed by atoms with Gasteiger partial charge in [-0.05, 0) is 47.0 Å². The number of nitrogens with one attached hydrogen (secondary N) is 1. The summed E-state index contributed by atoms with van der Waals surface area (Å²) in [5.41, 5.74) is 3.55. The van der Waals surface area contributed by atoms with Gasteiger partial charge in [-0.3, -0.25) is 10.3 Å². The molecule has 0 fully saturated rings. The van der Waals surface area contributed by atoms with Crippen molar-refractivity contribution in [2.45, 2.75) is 38.3 Å². The van der Waals surface area contributed by atoms with Gasteiger partial charge in [0.25, 0.3) is 0 Å². The summed E-state index contributed by atoms with van der Waals surface area (Å²) in [5, 5.41) is 16.4. The lowest BCUT2D eigenvalue weighted by atomic mass is 10.0. The first-order chi connectivity index (χ1) is 22.2. The fourth-order valence-corrected chi connectivity index (χ4v) is 6.17. The van der Waals surface area contributed by atoms with E-state index in [1.54, 1.807) is 35.2 Å². The molecule has 9 heteroatoms. The van der Waals surface area contributed by atoms with E-state index in [9.17, 15) is 14.3 Å². The topological polar surface area (TPSA) is 85.6 Å². The SMILES string of the molecule is C[Si](C)(C)CCOC(=O)Nc1c2cccnc2c(OC(c2ccccc2)c2ccccc2)c2c(O)n(Cc3ccc(F)cc3)cc12. The van der Waals surface area contributed by atoms with Crippen LogP contribution in [0.5, 0.6) is 11.6 Å². The number of benzene rings is 4. The Morgan fingerprint density at radius 3 is 2.20 bits per heavy atom. The van der Waals surface area contributed by atoms with E-state index in [1.807, 2.05) is 66.7 Å². The zero-order chi connectivity index (χ0) is 32.3. The van der Waals surface area contributed by atoms with Crippen molar-refractivity contribution in [3.05, 3.63) is 132 Å². The summed E-state index contributed by atoms with van der Waals surface area (Å²) in [6.45, 7) is 7.24. The Morgan fingerprint density at radius 2 is 1.57 bits per heavy atom. The molecule has 0 aliphatic heterocycles. The number of carbonyl (C=O) groups excluding carboxylic acids is 1. The molecular formula is C37H36FN3O4Si. The number of ether oxygens (including phenoxy) is 2. The van der Waals surface area contributed by atoms with E-state index in [4.69, 9.17) is 14.5 Å². The Balaban J connectivity index is 1.52. The molecule has 0 aliphatic carbocycles. The summed E-state index contributed by atoms with van der Waals surface area (Å²) in [4.78, 5) is 17.9. The molecule has 0 saturated heterocycles. The van der Waals surface area contributed by atoms with Gasteiger partial charge in [0, 0.05) is 31.2 Å². The molecule has 7 nitrogen and oxygen atoms in total. The van der Waals surface area contributed by atoms with Gasteiger partial charge in [-0.2, -0.15) is 0 Å². The van der Waals surface area contributed by atoms with Gasteiger partial charge in [-0.1, -0.05) is 92.4 Å². The quantitative estimate of drug-likeness (QED) is 0.147. The summed E-state index contributed by atoms with van der Waals surface area (Å²) < 4.78 is 27.9. The third-order valence-electron chi connectivity index (χ3n) is 7.86. The summed E-state index contributed by atoms with van der Waals surface area (Å²) in [6.07, 6.45) is 2.31. The number of rotatable bonds is 10. The zero-order valence-electron chi connectivity index (χ0n) is 26.0. The lowest BCUT2D eigenvalue weighted by Gasteiger charge is -2.23. The van der Waals surface area contributed by atoms with Crippen LogP contribution in [-0.2, 0) is 11.3 Å². The molecule has 0 unspecified atom stereocenters. The number of aromatic hydroxyl groups is 1. The van der Waals surface area contributed by atoms with Crippen molar-refractivity contribution < 1.29 is 23.8 Å². The van der Waals surface area contributed by atoms with Crippen LogP contribution in [0.3, 0.4) is 0 Å². The van der Waals surface area contributed by atoms with Crippen LogP contribution >= 0.6 is 0 Å². The standard InChI is InChI=1S/C37H36FN3O4Si/c1-46(2,3)22-21-44-37(43)40-32-29-15-10-20-39-33(29)35(45-34(26-11-6-4-7-12-26)27-13-8-5-9-14-27)31-30(32)24-41(36(31)42)23-25-16-18-28(38)19-17-25/h4-20,24,34,42H,21-23H2,1-3H3,(H,40,43). The van der Waals surface area contributed by atoms with Gasteiger partial charge in [-0.25, -0.2) is 9.18 Å². The van der Waals surface area contributed by atoms with Crippen molar-refractivity contribution in [1.29, 1.82) is 0 Å². The van der Waals surface area contributed by atoms with Gasteiger partial charge >= 0.3 is 6.09 Å².